The van der Waals surface area contributed by atoms with Gasteiger partial charge in [-0.15, -0.1) is 0 Å². The predicted molar refractivity (Wildman–Crippen MR) is 125 cm³/mol. The molecular weight excluding hydrogens is 364 g/mol. The second-order valence-electron chi connectivity index (χ2n) is 7.67. The van der Waals surface area contributed by atoms with Crippen molar-refractivity contribution in [2.75, 3.05) is 0 Å². The van der Waals surface area contributed by atoms with Crippen LogP contribution in [0.4, 0.5) is 0 Å². The molecule has 0 saturated heterocycles. The molecule has 0 aliphatic heterocycles. The van der Waals surface area contributed by atoms with E-state index in [2.05, 4.69) is 97.1 Å². The number of benzene rings is 4. The summed E-state index contributed by atoms with van der Waals surface area (Å²) in [5, 5.41) is 0. The van der Waals surface area contributed by atoms with Crippen molar-refractivity contribution in [3.63, 3.8) is 0 Å². The SMILES string of the molecule is O=C(CCc1cccc(-c2ccccc2)c1)CCc1cccc(-c2ccccc2)c1. The van der Waals surface area contributed by atoms with E-state index in [-0.39, 0.29) is 0 Å². The van der Waals surface area contributed by atoms with Crippen LogP contribution in [0.3, 0.4) is 0 Å². The highest BCUT2D eigenvalue weighted by molar-refractivity contribution is 5.79. The first kappa shape index (κ1) is 19.8. The van der Waals surface area contributed by atoms with Gasteiger partial charge in [0.25, 0.3) is 0 Å². The molecule has 30 heavy (non-hydrogen) atoms. The lowest BCUT2D eigenvalue weighted by Crippen LogP contribution is -2.02. The maximum Gasteiger partial charge on any atom is 0.133 e. The van der Waals surface area contributed by atoms with E-state index in [1.807, 2.05) is 12.1 Å². The van der Waals surface area contributed by atoms with Crippen molar-refractivity contribution < 1.29 is 4.79 Å². The lowest BCUT2D eigenvalue weighted by molar-refractivity contribution is -0.119. The fraction of sp³-hybridized carbons (Fsp3) is 0.138. The first-order valence-corrected chi connectivity index (χ1v) is 10.6. The fourth-order valence-corrected chi connectivity index (χ4v) is 3.77. The molecule has 4 aromatic rings. The summed E-state index contributed by atoms with van der Waals surface area (Å²) in [6, 6.07) is 37.8. The topological polar surface area (TPSA) is 17.1 Å². The van der Waals surface area contributed by atoms with E-state index < -0.39 is 0 Å². The van der Waals surface area contributed by atoms with Gasteiger partial charge in [-0.1, -0.05) is 109 Å². The summed E-state index contributed by atoms with van der Waals surface area (Å²) in [5.41, 5.74) is 7.27. The summed E-state index contributed by atoms with van der Waals surface area (Å²) >= 11 is 0. The zero-order chi connectivity index (χ0) is 20.6. The van der Waals surface area contributed by atoms with Crippen LogP contribution in [0, 0.1) is 0 Å². The minimum atomic E-state index is 0.324. The molecule has 1 heteroatoms. The van der Waals surface area contributed by atoms with Crippen LogP contribution in [-0.4, -0.2) is 5.78 Å². The van der Waals surface area contributed by atoms with Gasteiger partial charge in [0.05, 0.1) is 0 Å². The Morgan fingerprint density at radius 3 is 1.30 bits per heavy atom. The van der Waals surface area contributed by atoms with Crippen molar-refractivity contribution in [3.05, 3.63) is 120 Å². The molecule has 0 aromatic heterocycles. The Morgan fingerprint density at radius 1 is 0.467 bits per heavy atom. The first-order valence-electron chi connectivity index (χ1n) is 10.6. The third-order valence-corrected chi connectivity index (χ3v) is 5.45. The minimum absolute atomic E-state index is 0.324. The number of carbonyl (C=O) groups excluding carboxylic acids is 1. The van der Waals surface area contributed by atoms with Crippen LogP contribution in [-0.2, 0) is 17.6 Å². The van der Waals surface area contributed by atoms with Gasteiger partial charge in [0, 0.05) is 12.8 Å². The molecule has 4 aromatic carbocycles. The quantitative estimate of drug-likeness (QED) is 0.312. The number of rotatable bonds is 8. The molecule has 0 aliphatic carbocycles. The maximum atomic E-state index is 12.5. The Hall–Kier alpha value is -3.45. The molecule has 0 radical (unpaired) electrons. The second-order valence-corrected chi connectivity index (χ2v) is 7.67. The average molecular weight is 391 g/mol. The molecule has 0 fully saturated rings. The Bertz CT molecular complexity index is 1010. The summed E-state index contributed by atoms with van der Waals surface area (Å²) in [6.07, 6.45) is 2.78. The first-order chi connectivity index (χ1) is 14.8. The summed E-state index contributed by atoms with van der Waals surface area (Å²) in [7, 11) is 0. The van der Waals surface area contributed by atoms with E-state index >= 15 is 0 Å². The predicted octanol–water partition coefficient (Wildman–Crippen LogP) is 7.16. The van der Waals surface area contributed by atoms with Crippen molar-refractivity contribution >= 4 is 5.78 Å². The van der Waals surface area contributed by atoms with Crippen molar-refractivity contribution in [1.29, 1.82) is 0 Å². The van der Waals surface area contributed by atoms with Crippen molar-refractivity contribution in [1.82, 2.24) is 0 Å². The molecule has 1 nitrogen and oxygen atoms in total. The number of Topliss-reactive ketones (excluding diaryl/α,β-unsaturated/α-hetero) is 1. The molecule has 0 spiro atoms. The van der Waals surface area contributed by atoms with E-state index in [0.717, 1.165) is 12.8 Å². The molecule has 148 valence electrons. The summed E-state index contributed by atoms with van der Waals surface area (Å²) < 4.78 is 0. The van der Waals surface area contributed by atoms with Crippen LogP contribution in [0.15, 0.2) is 109 Å². The fourth-order valence-electron chi connectivity index (χ4n) is 3.77. The monoisotopic (exact) mass is 390 g/mol. The molecule has 0 saturated carbocycles. The normalized spacial score (nSPS) is 10.7. The smallest absolute Gasteiger partial charge is 0.133 e. The van der Waals surface area contributed by atoms with Crippen molar-refractivity contribution in [2.45, 2.75) is 25.7 Å². The van der Waals surface area contributed by atoms with Gasteiger partial charge in [-0.05, 0) is 46.2 Å². The van der Waals surface area contributed by atoms with Crippen LogP contribution in [0.25, 0.3) is 22.3 Å². The Balaban J connectivity index is 1.32. The van der Waals surface area contributed by atoms with Crippen LogP contribution in [0.5, 0.6) is 0 Å². The van der Waals surface area contributed by atoms with Crippen LogP contribution in [0.2, 0.25) is 0 Å². The van der Waals surface area contributed by atoms with E-state index in [1.165, 1.54) is 33.4 Å². The summed E-state index contributed by atoms with van der Waals surface area (Å²) in [5.74, 6) is 0.324. The maximum absolute atomic E-state index is 12.5. The summed E-state index contributed by atoms with van der Waals surface area (Å²) in [4.78, 5) is 12.5. The number of hydrogen-bond acceptors (Lipinski definition) is 1. The molecule has 0 N–H and O–H groups in total. The second kappa shape index (κ2) is 9.84. The molecule has 0 heterocycles. The van der Waals surface area contributed by atoms with E-state index in [4.69, 9.17) is 0 Å². The number of carbonyl (C=O) groups is 1. The molecule has 0 amide bonds. The van der Waals surface area contributed by atoms with E-state index in [0.29, 0.717) is 18.6 Å². The van der Waals surface area contributed by atoms with Crippen LogP contribution < -0.4 is 0 Å². The molecule has 0 atom stereocenters. The Kier molecular flexibility index (Phi) is 6.51. The molecule has 4 rings (SSSR count). The lowest BCUT2D eigenvalue weighted by Gasteiger charge is -2.07. The third kappa shape index (κ3) is 5.33. The Morgan fingerprint density at radius 2 is 0.867 bits per heavy atom. The highest BCUT2D eigenvalue weighted by Crippen LogP contribution is 2.22. The van der Waals surface area contributed by atoms with E-state index in [1.54, 1.807) is 0 Å². The highest BCUT2D eigenvalue weighted by Gasteiger charge is 2.06. The van der Waals surface area contributed by atoms with Crippen LogP contribution >= 0.6 is 0 Å². The van der Waals surface area contributed by atoms with Gasteiger partial charge in [-0.2, -0.15) is 0 Å². The Labute approximate surface area is 179 Å². The van der Waals surface area contributed by atoms with Gasteiger partial charge in [-0.25, -0.2) is 0 Å². The van der Waals surface area contributed by atoms with Gasteiger partial charge in [0.15, 0.2) is 0 Å². The lowest BCUT2D eigenvalue weighted by atomic mass is 9.97. The van der Waals surface area contributed by atoms with Crippen molar-refractivity contribution in [3.8, 4) is 22.3 Å². The van der Waals surface area contributed by atoms with Gasteiger partial charge < -0.3 is 0 Å². The van der Waals surface area contributed by atoms with Gasteiger partial charge >= 0.3 is 0 Å². The molecule has 0 unspecified atom stereocenters. The number of aryl methyl sites for hydroxylation is 2. The highest BCUT2D eigenvalue weighted by atomic mass is 16.1. The zero-order valence-electron chi connectivity index (χ0n) is 17.1. The standard InChI is InChI=1S/C29H26O/c30-29(19-17-23-9-7-15-27(21-23)25-11-3-1-4-12-25)20-18-24-10-8-16-28(22-24)26-13-5-2-6-14-26/h1-16,21-22H,17-20H2. The number of ketones is 1. The van der Waals surface area contributed by atoms with E-state index in [9.17, 15) is 4.79 Å². The summed E-state index contributed by atoms with van der Waals surface area (Å²) in [6.45, 7) is 0. The zero-order valence-corrected chi connectivity index (χ0v) is 17.1. The van der Waals surface area contributed by atoms with Gasteiger partial charge in [0.1, 0.15) is 5.78 Å². The molecule has 0 aliphatic rings. The number of hydrogen-bond donors (Lipinski definition) is 0. The largest absolute Gasteiger partial charge is 0.300 e. The molecular formula is C29H26O. The van der Waals surface area contributed by atoms with Gasteiger partial charge in [0.2, 0.25) is 0 Å². The van der Waals surface area contributed by atoms with Crippen LogP contribution in [0.1, 0.15) is 24.0 Å². The molecule has 0 bridgehead atoms. The van der Waals surface area contributed by atoms with Gasteiger partial charge in [-0.3, -0.25) is 4.79 Å². The average Bonchev–Trinajstić information content (AvgIpc) is 2.83. The minimum Gasteiger partial charge on any atom is -0.300 e. The third-order valence-electron chi connectivity index (χ3n) is 5.45. The van der Waals surface area contributed by atoms with Crippen molar-refractivity contribution in [2.24, 2.45) is 0 Å².